The SMILES string of the molecule is O=C1CC(c2cccc(C#Cc3ccc(OC(F)F)cc3)c2)C1.OC1CC(c2cccc(C#Cc3ccc(OC(F)F)cc3)c2)C1.[B].[H-].[Na+]. The smallest absolute Gasteiger partial charge is 1.00 e. The van der Waals surface area contributed by atoms with Crippen LogP contribution in [0.5, 0.6) is 11.5 Å². The number of carbonyl (C=O) groups is 1. The van der Waals surface area contributed by atoms with Crippen molar-refractivity contribution in [1.29, 1.82) is 0 Å². The minimum absolute atomic E-state index is 0. The summed E-state index contributed by atoms with van der Waals surface area (Å²) < 4.78 is 56.9. The van der Waals surface area contributed by atoms with E-state index in [0.29, 0.717) is 30.5 Å². The van der Waals surface area contributed by atoms with Gasteiger partial charge in [0.05, 0.1) is 6.10 Å². The summed E-state index contributed by atoms with van der Waals surface area (Å²) in [6.45, 7) is -5.65. The van der Waals surface area contributed by atoms with Gasteiger partial charge in [0, 0.05) is 43.5 Å². The normalized spacial score (nSPS) is 16.2. The number of hydrogen-bond donors (Lipinski definition) is 1. The first-order valence-corrected chi connectivity index (χ1v) is 14.7. The Labute approximate surface area is 303 Å². The zero-order chi connectivity index (χ0) is 32.5. The minimum Gasteiger partial charge on any atom is -1.00 e. The number of rotatable bonds is 6. The van der Waals surface area contributed by atoms with E-state index in [1.165, 1.54) is 29.8 Å². The van der Waals surface area contributed by atoms with E-state index in [1.807, 2.05) is 42.5 Å². The Morgan fingerprint density at radius 1 is 0.625 bits per heavy atom. The van der Waals surface area contributed by atoms with Crippen molar-refractivity contribution < 1.29 is 67.9 Å². The van der Waals surface area contributed by atoms with Gasteiger partial charge in [-0.2, -0.15) is 17.6 Å². The Kier molecular flexibility index (Phi) is 14.8. The van der Waals surface area contributed by atoms with Crippen LogP contribution in [-0.2, 0) is 4.79 Å². The maximum absolute atomic E-state index is 12.1. The van der Waals surface area contributed by atoms with Crippen molar-refractivity contribution in [3.8, 4) is 35.2 Å². The van der Waals surface area contributed by atoms with Crippen LogP contribution in [0.15, 0.2) is 97.1 Å². The van der Waals surface area contributed by atoms with Crippen LogP contribution >= 0.6 is 0 Å². The largest absolute Gasteiger partial charge is 1.00 e. The fourth-order valence-electron chi connectivity index (χ4n) is 5.05. The van der Waals surface area contributed by atoms with Gasteiger partial charge < -0.3 is 16.0 Å². The second-order valence-corrected chi connectivity index (χ2v) is 11.0. The number of alkyl halides is 4. The standard InChI is InChI=1S/C19H16F2O2.C19H14F2O2.B.Na.H/c2*20-19(21)23-18-8-6-13(7-9-18)4-5-14-2-1-3-15(10-14)16-11-17(22)12-16;;;/h1-3,6-10,16-17,19,22H,11-12H2;1-3,6-10,16,19H,11-12H2;;;/q;;;+1;-1. The summed E-state index contributed by atoms with van der Waals surface area (Å²) in [4.78, 5) is 11.1. The Morgan fingerprint density at radius 2 is 1.02 bits per heavy atom. The first-order valence-electron chi connectivity index (χ1n) is 14.7. The molecular formula is C38H31BF4NaO4. The predicted octanol–water partition coefficient (Wildman–Crippen LogP) is 4.80. The number of hydrogen-bond acceptors (Lipinski definition) is 4. The zero-order valence-electron chi connectivity index (χ0n) is 27.2. The van der Waals surface area contributed by atoms with Crippen molar-refractivity contribution >= 4 is 14.2 Å². The van der Waals surface area contributed by atoms with Crippen LogP contribution in [-0.4, -0.2) is 38.6 Å². The molecule has 3 radical (unpaired) electrons. The number of Topliss-reactive ketones (excluding diaryl/α,β-unsaturated/α-hetero) is 1. The number of aliphatic hydroxyl groups excluding tert-OH is 1. The molecule has 4 nitrogen and oxygen atoms in total. The third-order valence-corrected chi connectivity index (χ3v) is 7.64. The molecule has 2 fully saturated rings. The molecule has 0 aromatic heterocycles. The van der Waals surface area contributed by atoms with Crippen LogP contribution < -0.4 is 39.0 Å². The van der Waals surface area contributed by atoms with Crippen LogP contribution in [0.4, 0.5) is 17.6 Å². The fraction of sp³-hybridized carbons (Fsp3) is 0.237. The second-order valence-electron chi connectivity index (χ2n) is 11.0. The summed E-state index contributed by atoms with van der Waals surface area (Å²) in [7, 11) is 0. The number of ether oxygens (including phenoxy) is 2. The maximum Gasteiger partial charge on any atom is 1.00 e. The molecule has 2 aliphatic carbocycles. The van der Waals surface area contributed by atoms with Gasteiger partial charge in [0.2, 0.25) is 0 Å². The molecule has 6 rings (SSSR count). The van der Waals surface area contributed by atoms with E-state index in [9.17, 15) is 27.5 Å². The van der Waals surface area contributed by atoms with Crippen LogP contribution in [0.2, 0.25) is 0 Å². The van der Waals surface area contributed by atoms with Gasteiger partial charge in [-0.1, -0.05) is 47.9 Å². The molecule has 10 heteroatoms. The van der Waals surface area contributed by atoms with Gasteiger partial charge in [-0.15, -0.1) is 0 Å². The van der Waals surface area contributed by atoms with Crippen LogP contribution in [0.1, 0.15) is 72.3 Å². The number of halogens is 4. The summed E-state index contributed by atoms with van der Waals surface area (Å²) in [5.74, 6) is 13.4. The maximum atomic E-state index is 12.1. The number of carbonyl (C=O) groups excluding carboxylic acids is 1. The van der Waals surface area contributed by atoms with Gasteiger partial charge in [-0.3, -0.25) is 4.79 Å². The summed E-state index contributed by atoms with van der Waals surface area (Å²) in [5, 5.41) is 9.39. The molecule has 4 aromatic rings. The number of aliphatic hydroxyl groups is 1. The van der Waals surface area contributed by atoms with E-state index in [4.69, 9.17) is 0 Å². The van der Waals surface area contributed by atoms with Gasteiger partial charge in [0.1, 0.15) is 17.3 Å². The number of ketones is 1. The van der Waals surface area contributed by atoms with Crippen LogP contribution in [0, 0.1) is 23.7 Å². The monoisotopic (exact) mass is 661 g/mol. The Hall–Kier alpha value is -3.99. The second kappa shape index (κ2) is 18.5. The van der Waals surface area contributed by atoms with Crippen molar-refractivity contribution in [2.24, 2.45) is 0 Å². The molecule has 0 aliphatic heterocycles. The molecule has 0 spiro atoms. The van der Waals surface area contributed by atoms with E-state index < -0.39 is 13.2 Å². The molecule has 48 heavy (non-hydrogen) atoms. The summed E-state index contributed by atoms with van der Waals surface area (Å²) >= 11 is 0. The molecule has 0 heterocycles. The molecule has 0 unspecified atom stereocenters. The fourth-order valence-corrected chi connectivity index (χ4v) is 5.05. The molecule has 0 amide bonds. The van der Waals surface area contributed by atoms with Gasteiger partial charge in [-0.05, 0) is 109 Å². The van der Waals surface area contributed by atoms with Gasteiger partial charge in [0.25, 0.3) is 0 Å². The van der Waals surface area contributed by atoms with E-state index in [1.54, 1.807) is 24.3 Å². The average molecular weight is 661 g/mol. The van der Waals surface area contributed by atoms with E-state index in [2.05, 4.69) is 39.2 Å². The first kappa shape index (κ1) is 38.5. The first-order chi connectivity index (χ1) is 22.2. The average Bonchev–Trinajstić information content (AvgIpc) is 3.01. The van der Waals surface area contributed by atoms with E-state index in [-0.39, 0.29) is 57.0 Å². The summed E-state index contributed by atoms with van der Waals surface area (Å²) in [6, 6.07) is 28.3. The summed E-state index contributed by atoms with van der Waals surface area (Å²) in [5.41, 5.74) is 5.55. The Balaban J connectivity index is 0.000000321. The Morgan fingerprint density at radius 3 is 1.40 bits per heavy atom. The molecule has 0 atom stereocenters. The quantitative estimate of drug-likeness (QED) is 0.184. The molecule has 0 bridgehead atoms. The Bertz CT molecular complexity index is 1770. The topological polar surface area (TPSA) is 55.8 Å². The molecular weight excluding hydrogens is 630 g/mol. The molecule has 2 saturated carbocycles. The summed E-state index contributed by atoms with van der Waals surface area (Å²) in [6.07, 6.45) is 2.67. The van der Waals surface area contributed by atoms with Crippen molar-refractivity contribution in [3.63, 3.8) is 0 Å². The number of benzene rings is 4. The van der Waals surface area contributed by atoms with Gasteiger partial charge in [-0.25, -0.2) is 0 Å². The zero-order valence-corrected chi connectivity index (χ0v) is 28.2. The molecule has 2 aliphatic rings. The third kappa shape index (κ3) is 11.6. The van der Waals surface area contributed by atoms with Crippen molar-refractivity contribution in [2.45, 2.75) is 56.8 Å². The van der Waals surface area contributed by atoms with Crippen molar-refractivity contribution in [1.82, 2.24) is 0 Å². The molecule has 239 valence electrons. The predicted molar refractivity (Wildman–Crippen MR) is 173 cm³/mol. The molecule has 1 N–H and O–H groups in total. The van der Waals surface area contributed by atoms with Crippen LogP contribution in [0.25, 0.3) is 0 Å². The van der Waals surface area contributed by atoms with E-state index >= 15 is 0 Å². The minimum atomic E-state index is -2.83. The molecule has 0 saturated heterocycles. The van der Waals surface area contributed by atoms with Crippen LogP contribution in [0.3, 0.4) is 0 Å². The van der Waals surface area contributed by atoms with Crippen molar-refractivity contribution in [3.05, 3.63) is 130 Å². The third-order valence-electron chi connectivity index (χ3n) is 7.64. The molecule has 4 aromatic carbocycles. The van der Waals surface area contributed by atoms with Crippen molar-refractivity contribution in [2.75, 3.05) is 0 Å². The van der Waals surface area contributed by atoms with E-state index in [0.717, 1.165) is 40.7 Å². The van der Waals surface area contributed by atoms with Gasteiger partial charge >= 0.3 is 42.8 Å². The van der Waals surface area contributed by atoms with Gasteiger partial charge in [0.15, 0.2) is 0 Å².